The number of hydrogen-bond donors (Lipinski definition) is 0. The first-order valence-corrected chi connectivity index (χ1v) is 18.7. The van der Waals surface area contributed by atoms with E-state index in [2.05, 4.69) is 198 Å². The molecule has 0 saturated carbocycles. The number of rotatable bonds is 4. The van der Waals surface area contributed by atoms with Crippen LogP contribution in [0.2, 0.25) is 0 Å². The molecule has 0 saturated heterocycles. The molecule has 262 valence electrons. The maximum atomic E-state index is 2.51. The predicted octanol–water partition coefficient (Wildman–Crippen LogP) is 14.6. The molecule has 3 aliphatic carbocycles. The summed E-state index contributed by atoms with van der Waals surface area (Å²) in [5.74, 6) is 0. The fraction of sp³-hybridized carbons (Fsp3) is 0.192. The van der Waals surface area contributed by atoms with E-state index >= 15 is 0 Å². The summed E-state index contributed by atoms with van der Waals surface area (Å²) in [5.41, 5.74) is 22.2. The summed E-state index contributed by atoms with van der Waals surface area (Å²) >= 11 is 0. The lowest BCUT2D eigenvalue weighted by Gasteiger charge is -2.31. The number of nitrogens with zero attached hydrogens (tertiary/aromatic N) is 1. The van der Waals surface area contributed by atoms with Gasteiger partial charge in [0.1, 0.15) is 0 Å². The quantitative estimate of drug-likeness (QED) is 0.178. The minimum Gasteiger partial charge on any atom is -0.310 e. The van der Waals surface area contributed by atoms with Gasteiger partial charge in [-0.25, -0.2) is 0 Å². The van der Waals surface area contributed by atoms with E-state index in [0.717, 1.165) is 0 Å². The van der Waals surface area contributed by atoms with Gasteiger partial charge in [-0.3, -0.25) is 0 Å². The van der Waals surface area contributed by atoms with Gasteiger partial charge in [-0.2, -0.15) is 0 Å². The molecule has 0 heterocycles. The second-order valence-corrected chi connectivity index (χ2v) is 16.6. The Morgan fingerprint density at radius 1 is 0.340 bits per heavy atom. The van der Waals surface area contributed by atoms with E-state index in [0.29, 0.717) is 0 Å². The fourth-order valence-corrected chi connectivity index (χ4v) is 9.88. The second kappa shape index (κ2) is 11.4. The van der Waals surface area contributed by atoms with E-state index in [4.69, 9.17) is 0 Å². The lowest BCUT2D eigenvalue weighted by atomic mass is 9.81. The van der Waals surface area contributed by atoms with Crippen LogP contribution in [0.5, 0.6) is 0 Å². The molecule has 7 aromatic rings. The highest BCUT2D eigenvalue weighted by atomic mass is 15.1. The molecule has 0 aromatic heterocycles. The van der Waals surface area contributed by atoms with Crippen molar-refractivity contribution in [2.24, 2.45) is 0 Å². The van der Waals surface area contributed by atoms with Crippen LogP contribution in [0.4, 0.5) is 17.1 Å². The maximum Gasteiger partial charge on any atom is 0.0465 e. The first-order chi connectivity index (χ1) is 25.1. The van der Waals surface area contributed by atoms with Crippen molar-refractivity contribution in [3.8, 4) is 44.5 Å². The summed E-state index contributed by atoms with van der Waals surface area (Å²) in [7, 11) is 0. The van der Waals surface area contributed by atoms with Crippen LogP contribution in [-0.4, -0.2) is 0 Å². The van der Waals surface area contributed by atoms with Gasteiger partial charge >= 0.3 is 0 Å². The normalized spacial score (nSPS) is 15.7. The summed E-state index contributed by atoms with van der Waals surface area (Å²) in [5, 5.41) is 0. The SMILES string of the molecule is C.CC1(C)c2ccccc2-c2ccc(N(c3ccc4c(c3)C(C)(C)c3ccccc3-4)c3ccc4c(c3)C(C)(C)c3cccc(-c5ccccc5)c3-4)cc21.[HH]. The average molecular weight is 688 g/mol. The molecule has 0 atom stereocenters. The number of hydrogen-bond acceptors (Lipinski definition) is 1. The number of anilines is 3. The van der Waals surface area contributed by atoms with E-state index in [1.165, 1.54) is 95.0 Å². The van der Waals surface area contributed by atoms with Gasteiger partial charge in [0.25, 0.3) is 0 Å². The van der Waals surface area contributed by atoms with E-state index in [-0.39, 0.29) is 25.1 Å². The van der Waals surface area contributed by atoms with Crippen LogP contribution in [-0.2, 0) is 16.2 Å². The van der Waals surface area contributed by atoms with E-state index in [1.807, 2.05) is 0 Å². The Morgan fingerprint density at radius 3 is 1.25 bits per heavy atom. The minimum absolute atomic E-state index is 0. The molecule has 0 unspecified atom stereocenters. The van der Waals surface area contributed by atoms with Gasteiger partial charge in [0.2, 0.25) is 0 Å². The standard InChI is InChI=1S/C51H43N.CH4.H2/c1-49(2)42-20-12-10-17-37(42)39-26-23-33(29-45(39)49)52(34-24-27-40-38-18-11-13-21-43(38)50(3,4)46(40)30-34)35-25-28-41-47(31-35)51(5,6)44-22-14-19-36(48(41)44)32-15-8-7-9-16-32;;/h7-31H,1-6H3;1H4;1H. The van der Waals surface area contributed by atoms with Crippen LogP contribution in [0.25, 0.3) is 44.5 Å². The predicted molar refractivity (Wildman–Crippen MR) is 228 cm³/mol. The molecule has 0 aliphatic heterocycles. The molecule has 0 N–H and O–H groups in total. The molecule has 0 amide bonds. The largest absolute Gasteiger partial charge is 0.310 e. The third-order valence-corrected chi connectivity index (χ3v) is 12.7. The van der Waals surface area contributed by atoms with Crippen molar-refractivity contribution in [3.63, 3.8) is 0 Å². The number of fused-ring (bicyclic) bond motifs is 9. The molecule has 1 heteroatoms. The van der Waals surface area contributed by atoms with Gasteiger partial charge < -0.3 is 4.90 Å². The summed E-state index contributed by atoms with van der Waals surface area (Å²) in [6.07, 6.45) is 0. The Hall–Kier alpha value is -5.66. The lowest BCUT2D eigenvalue weighted by Crippen LogP contribution is -2.19. The number of benzene rings is 7. The summed E-state index contributed by atoms with van der Waals surface area (Å²) < 4.78 is 0. The Bertz CT molecular complexity index is 2500. The highest BCUT2D eigenvalue weighted by Gasteiger charge is 2.40. The Kier molecular flexibility index (Phi) is 7.15. The van der Waals surface area contributed by atoms with Gasteiger partial charge in [0.15, 0.2) is 0 Å². The van der Waals surface area contributed by atoms with Crippen LogP contribution >= 0.6 is 0 Å². The van der Waals surface area contributed by atoms with Crippen LogP contribution < -0.4 is 4.90 Å². The van der Waals surface area contributed by atoms with Crippen LogP contribution in [0.1, 0.15) is 83.8 Å². The van der Waals surface area contributed by atoms with Crippen LogP contribution in [0, 0.1) is 0 Å². The van der Waals surface area contributed by atoms with Crippen molar-refractivity contribution in [2.45, 2.75) is 65.2 Å². The van der Waals surface area contributed by atoms with E-state index in [1.54, 1.807) is 0 Å². The van der Waals surface area contributed by atoms with Crippen molar-refractivity contribution in [1.82, 2.24) is 0 Å². The Balaban J connectivity index is 0.00000207. The van der Waals surface area contributed by atoms with Gasteiger partial charge in [-0.05, 0) is 114 Å². The summed E-state index contributed by atoms with van der Waals surface area (Å²) in [4.78, 5) is 2.51. The average Bonchev–Trinajstić information content (AvgIpc) is 3.65. The first-order valence-electron chi connectivity index (χ1n) is 18.7. The van der Waals surface area contributed by atoms with E-state index in [9.17, 15) is 0 Å². The van der Waals surface area contributed by atoms with Crippen molar-refractivity contribution in [1.29, 1.82) is 0 Å². The molecule has 53 heavy (non-hydrogen) atoms. The molecule has 0 radical (unpaired) electrons. The van der Waals surface area contributed by atoms with Gasteiger partial charge in [-0.1, -0.05) is 164 Å². The molecule has 7 aromatic carbocycles. The van der Waals surface area contributed by atoms with E-state index < -0.39 is 0 Å². The summed E-state index contributed by atoms with van der Waals surface area (Å²) in [6, 6.07) is 57.1. The summed E-state index contributed by atoms with van der Waals surface area (Å²) in [6.45, 7) is 14.3. The van der Waals surface area contributed by atoms with Crippen molar-refractivity contribution < 1.29 is 1.43 Å². The Labute approximate surface area is 317 Å². The molecule has 0 spiro atoms. The van der Waals surface area contributed by atoms with Gasteiger partial charge in [0.05, 0.1) is 0 Å². The highest BCUT2D eigenvalue weighted by Crippen LogP contribution is 2.56. The van der Waals surface area contributed by atoms with Crippen molar-refractivity contribution in [3.05, 3.63) is 185 Å². The zero-order valence-electron chi connectivity index (χ0n) is 30.9. The molecule has 0 fully saturated rings. The van der Waals surface area contributed by atoms with Crippen molar-refractivity contribution >= 4 is 17.1 Å². The lowest BCUT2D eigenvalue weighted by molar-refractivity contribution is 0.659. The van der Waals surface area contributed by atoms with Crippen LogP contribution in [0.15, 0.2) is 152 Å². The fourth-order valence-electron chi connectivity index (χ4n) is 9.88. The van der Waals surface area contributed by atoms with Crippen molar-refractivity contribution in [2.75, 3.05) is 4.90 Å². The zero-order chi connectivity index (χ0) is 35.6. The monoisotopic (exact) mass is 687 g/mol. The van der Waals surface area contributed by atoms with Gasteiger partial charge in [-0.15, -0.1) is 0 Å². The van der Waals surface area contributed by atoms with Crippen LogP contribution in [0.3, 0.4) is 0 Å². The molecule has 0 bridgehead atoms. The third-order valence-electron chi connectivity index (χ3n) is 12.7. The maximum absolute atomic E-state index is 2.51. The third kappa shape index (κ3) is 4.56. The smallest absolute Gasteiger partial charge is 0.0465 e. The Morgan fingerprint density at radius 2 is 0.717 bits per heavy atom. The minimum atomic E-state index is -0.153. The molecule has 3 aliphatic rings. The highest BCUT2D eigenvalue weighted by molar-refractivity contribution is 5.95. The molecular weight excluding hydrogens is 639 g/mol. The molecule has 10 rings (SSSR count). The first kappa shape index (κ1) is 33.2. The molecule has 1 nitrogen and oxygen atoms in total. The zero-order valence-corrected chi connectivity index (χ0v) is 30.9. The second-order valence-electron chi connectivity index (χ2n) is 16.6. The topological polar surface area (TPSA) is 3.24 Å². The van der Waals surface area contributed by atoms with Gasteiger partial charge in [0, 0.05) is 34.7 Å². The molecular formula is C52H49N.